The van der Waals surface area contributed by atoms with Gasteiger partial charge in [-0.25, -0.2) is 0 Å². The van der Waals surface area contributed by atoms with Gasteiger partial charge in [-0.05, 0) is 32.0 Å². The molecule has 0 atom stereocenters. The number of anilines is 2. The minimum Gasteiger partial charge on any atom is -0.397 e. The number of nitrogen functional groups attached to an aromatic ring is 1. The van der Waals surface area contributed by atoms with Crippen LogP contribution in [0.15, 0.2) is 18.2 Å². The van der Waals surface area contributed by atoms with E-state index in [1.165, 1.54) is 0 Å². The van der Waals surface area contributed by atoms with Crippen molar-refractivity contribution in [3.05, 3.63) is 23.2 Å². The van der Waals surface area contributed by atoms with Crippen LogP contribution in [0.3, 0.4) is 0 Å². The van der Waals surface area contributed by atoms with Crippen molar-refractivity contribution < 1.29 is 9.53 Å². The van der Waals surface area contributed by atoms with Gasteiger partial charge in [0.25, 0.3) is 0 Å². The molecule has 0 radical (unpaired) electrons. The summed E-state index contributed by atoms with van der Waals surface area (Å²) in [5.41, 5.74) is 6.74. The van der Waals surface area contributed by atoms with Gasteiger partial charge < -0.3 is 15.8 Å². The number of ether oxygens (including phenoxy) is 1. The highest BCUT2D eigenvalue weighted by Crippen LogP contribution is 2.22. The first-order valence-electron chi connectivity index (χ1n) is 5.45. The van der Waals surface area contributed by atoms with Crippen molar-refractivity contribution in [1.29, 1.82) is 0 Å². The van der Waals surface area contributed by atoms with Crippen molar-refractivity contribution in [2.75, 3.05) is 17.7 Å². The first kappa shape index (κ1) is 13.8. The first-order chi connectivity index (χ1) is 7.99. The maximum atomic E-state index is 11.6. The van der Waals surface area contributed by atoms with Crippen LogP contribution in [0.4, 0.5) is 11.4 Å². The van der Waals surface area contributed by atoms with Crippen LogP contribution in [0.1, 0.15) is 20.3 Å². The summed E-state index contributed by atoms with van der Waals surface area (Å²) in [6.07, 6.45) is 0.420. The molecular formula is C12H17ClN2O2. The topological polar surface area (TPSA) is 64.3 Å². The molecule has 0 aliphatic carbocycles. The van der Waals surface area contributed by atoms with Gasteiger partial charge in [0.1, 0.15) is 0 Å². The summed E-state index contributed by atoms with van der Waals surface area (Å²) in [6, 6.07) is 4.95. The molecule has 1 aromatic rings. The number of halogens is 1. The molecule has 0 aliphatic heterocycles. The second-order valence-electron chi connectivity index (χ2n) is 3.95. The number of benzene rings is 1. The van der Waals surface area contributed by atoms with Gasteiger partial charge in [0.05, 0.1) is 30.5 Å². The van der Waals surface area contributed by atoms with E-state index in [1.807, 2.05) is 13.8 Å². The average molecular weight is 257 g/mol. The summed E-state index contributed by atoms with van der Waals surface area (Å²) < 4.78 is 5.29. The van der Waals surface area contributed by atoms with E-state index in [2.05, 4.69) is 5.32 Å². The lowest BCUT2D eigenvalue weighted by Crippen LogP contribution is -2.16. The zero-order chi connectivity index (χ0) is 12.8. The second-order valence-corrected chi connectivity index (χ2v) is 4.39. The molecule has 3 N–H and O–H groups in total. The molecule has 0 aromatic heterocycles. The number of nitrogens with two attached hydrogens (primary N) is 1. The van der Waals surface area contributed by atoms with Gasteiger partial charge in [-0.15, -0.1) is 0 Å². The van der Waals surface area contributed by atoms with Gasteiger partial charge >= 0.3 is 0 Å². The number of carbonyl (C=O) groups is 1. The fraction of sp³-hybridized carbons (Fsp3) is 0.417. The Morgan fingerprint density at radius 2 is 2.24 bits per heavy atom. The van der Waals surface area contributed by atoms with E-state index in [1.54, 1.807) is 18.2 Å². The lowest BCUT2D eigenvalue weighted by molar-refractivity contribution is -0.117. The Balaban J connectivity index is 2.47. The summed E-state index contributed by atoms with van der Waals surface area (Å²) in [4.78, 5) is 11.6. The van der Waals surface area contributed by atoms with Gasteiger partial charge in [-0.1, -0.05) is 11.6 Å². The van der Waals surface area contributed by atoms with Gasteiger partial charge in [0.15, 0.2) is 0 Å². The van der Waals surface area contributed by atoms with E-state index >= 15 is 0 Å². The van der Waals surface area contributed by atoms with E-state index in [0.717, 1.165) is 0 Å². The molecule has 5 heteroatoms. The minimum atomic E-state index is -0.139. The van der Waals surface area contributed by atoms with Crippen LogP contribution in [0.2, 0.25) is 5.02 Å². The molecule has 4 nitrogen and oxygen atoms in total. The summed E-state index contributed by atoms with van der Waals surface area (Å²) in [6.45, 7) is 4.24. The number of rotatable bonds is 5. The first-order valence-corrected chi connectivity index (χ1v) is 5.83. The smallest absolute Gasteiger partial charge is 0.226 e. The molecule has 0 saturated heterocycles. The quantitative estimate of drug-likeness (QED) is 0.796. The maximum Gasteiger partial charge on any atom is 0.226 e. The van der Waals surface area contributed by atoms with Crippen LogP contribution in [0.25, 0.3) is 0 Å². The summed E-state index contributed by atoms with van der Waals surface area (Å²) >= 11 is 5.81. The Hall–Kier alpha value is -1.26. The van der Waals surface area contributed by atoms with E-state index in [4.69, 9.17) is 22.1 Å². The molecule has 0 aliphatic rings. The molecule has 0 bridgehead atoms. The van der Waals surface area contributed by atoms with E-state index in [9.17, 15) is 4.79 Å². The summed E-state index contributed by atoms with van der Waals surface area (Å²) in [5, 5.41) is 3.23. The van der Waals surface area contributed by atoms with Crippen molar-refractivity contribution in [3.8, 4) is 0 Å². The summed E-state index contributed by atoms with van der Waals surface area (Å²) in [5.74, 6) is -0.139. The van der Waals surface area contributed by atoms with Crippen LogP contribution < -0.4 is 11.1 Å². The predicted octanol–water partition coefficient (Wildman–Crippen LogP) is 2.68. The van der Waals surface area contributed by atoms with Crippen molar-refractivity contribution in [2.24, 2.45) is 0 Å². The van der Waals surface area contributed by atoms with E-state index in [0.29, 0.717) is 29.4 Å². The predicted molar refractivity (Wildman–Crippen MR) is 70.2 cm³/mol. The van der Waals surface area contributed by atoms with E-state index in [-0.39, 0.29) is 12.0 Å². The highest BCUT2D eigenvalue weighted by molar-refractivity contribution is 6.31. The van der Waals surface area contributed by atoms with Crippen molar-refractivity contribution in [3.63, 3.8) is 0 Å². The molecule has 1 rings (SSSR count). The molecule has 0 unspecified atom stereocenters. The Kier molecular flexibility index (Phi) is 5.25. The van der Waals surface area contributed by atoms with Gasteiger partial charge in [-0.3, -0.25) is 4.79 Å². The Labute approximate surface area is 106 Å². The zero-order valence-corrected chi connectivity index (χ0v) is 10.8. The third-order valence-electron chi connectivity index (χ3n) is 2.07. The minimum absolute atomic E-state index is 0.124. The Morgan fingerprint density at radius 1 is 1.53 bits per heavy atom. The molecule has 1 aromatic carbocycles. The fourth-order valence-corrected chi connectivity index (χ4v) is 1.41. The monoisotopic (exact) mass is 256 g/mol. The zero-order valence-electron chi connectivity index (χ0n) is 10.00. The van der Waals surface area contributed by atoms with E-state index < -0.39 is 0 Å². The van der Waals surface area contributed by atoms with Crippen LogP contribution in [-0.2, 0) is 9.53 Å². The maximum absolute atomic E-state index is 11.6. The Bertz CT molecular complexity index is 394. The summed E-state index contributed by atoms with van der Waals surface area (Å²) in [7, 11) is 0. The molecule has 94 valence electrons. The molecule has 0 heterocycles. The van der Waals surface area contributed by atoms with Crippen molar-refractivity contribution in [1.82, 2.24) is 0 Å². The number of hydrogen-bond donors (Lipinski definition) is 2. The molecule has 1 amide bonds. The van der Waals surface area contributed by atoms with Gasteiger partial charge in [-0.2, -0.15) is 0 Å². The third kappa shape index (κ3) is 5.06. The standard InChI is InChI=1S/C12H17ClN2O2/c1-8(2)17-6-5-12(16)15-11-7-9(13)3-4-10(11)14/h3-4,7-8H,5-6,14H2,1-2H3,(H,15,16). The highest BCUT2D eigenvalue weighted by atomic mass is 35.5. The average Bonchev–Trinajstić information content (AvgIpc) is 2.23. The van der Waals surface area contributed by atoms with Crippen LogP contribution in [0, 0.1) is 0 Å². The lowest BCUT2D eigenvalue weighted by atomic mass is 10.2. The van der Waals surface area contributed by atoms with Crippen LogP contribution in [0.5, 0.6) is 0 Å². The number of amides is 1. The van der Waals surface area contributed by atoms with Crippen molar-refractivity contribution >= 4 is 28.9 Å². The molecular weight excluding hydrogens is 240 g/mol. The normalized spacial score (nSPS) is 10.6. The number of hydrogen-bond acceptors (Lipinski definition) is 3. The largest absolute Gasteiger partial charge is 0.397 e. The Morgan fingerprint density at radius 3 is 2.88 bits per heavy atom. The van der Waals surface area contributed by atoms with Gasteiger partial charge in [0.2, 0.25) is 5.91 Å². The molecule has 0 spiro atoms. The second kappa shape index (κ2) is 6.47. The number of nitrogens with one attached hydrogen (secondary N) is 1. The fourth-order valence-electron chi connectivity index (χ4n) is 1.24. The molecule has 0 fully saturated rings. The van der Waals surface area contributed by atoms with Crippen molar-refractivity contribution in [2.45, 2.75) is 26.4 Å². The molecule has 0 saturated carbocycles. The third-order valence-corrected chi connectivity index (χ3v) is 2.30. The molecule has 17 heavy (non-hydrogen) atoms. The lowest BCUT2D eigenvalue weighted by Gasteiger charge is -2.10. The van der Waals surface area contributed by atoms with Crippen LogP contribution in [-0.4, -0.2) is 18.6 Å². The SMILES string of the molecule is CC(C)OCCC(=O)Nc1cc(Cl)ccc1N. The van der Waals surface area contributed by atoms with Crippen LogP contribution >= 0.6 is 11.6 Å². The van der Waals surface area contributed by atoms with Gasteiger partial charge in [0, 0.05) is 5.02 Å². The number of carbonyl (C=O) groups excluding carboxylic acids is 1. The highest BCUT2D eigenvalue weighted by Gasteiger charge is 2.06.